The molecule has 0 amide bonds. The van der Waals surface area contributed by atoms with Gasteiger partial charge in [0.25, 0.3) is 5.56 Å². The molecule has 3 aromatic rings. The van der Waals surface area contributed by atoms with Crippen LogP contribution in [0.15, 0.2) is 35.5 Å². The molecule has 2 aromatic heterocycles. The summed E-state index contributed by atoms with van der Waals surface area (Å²) in [6.07, 6.45) is 3.29. The molecular weight excluding hydrogens is 268 g/mol. The zero-order valence-corrected chi connectivity index (χ0v) is 12.1. The summed E-state index contributed by atoms with van der Waals surface area (Å²) >= 11 is 0. The number of methoxy groups -OCH3 is 1. The monoisotopic (exact) mass is 284 g/mol. The second-order valence-corrected chi connectivity index (χ2v) is 4.94. The topological polar surface area (TPSA) is 72.8 Å². The van der Waals surface area contributed by atoms with Crippen LogP contribution in [0.5, 0.6) is 5.75 Å². The van der Waals surface area contributed by atoms with Crippen LogP contribution in [0.4, 0.5) is 0 Å². The summed E-state index contributed by atoms with van der Waals surface area (Å²) in [5.74, 6) is 1.26. The van der Waals surface area contributed by atoms with Gasteiger partial charge in [0.15, 0.2) is 0 Å². The molecule has 0 saturated heterocycles. The van der Waals surface area contributed by atoms with Gasteiger partial charge in [0.1, 0.15) is 17.0 Å². The van der Waals surface area contributed by atoms with Crippen molar-refractivity contribution in [1.82, 2.24) is 19.5 Å². The fraction of sp³-hybridized carbons (Fsp3) is 0.267. The summed E-state index contributed by atoms with van der Waals surface area (Å²) in [4.78, 5) is 24.5. The standard InChI is InChI=1S/C15H16N4O2/c1-9-7-16-14(18-9)10(2)19-8-17-11-5-4-6-12(21-3)13(11)15(19)20/h4-8,10H,1-3H3,(H,16,18)/t10-/m0/s1. The Bertz CT molecular complexity index is 850. The predicted molar refractivity (Wildman–Crippen MR) is 79.7 cm³/mol. The maximum Gasteiger partial charge on any atom is 0.265 e. The van der Waals surface area contributed by atoms with Gasteiger partial charge in [0, 0.05) is 11.9 Å². The van der Waals surface area contributed by atoms with Crippen LogP contribution in [0.1, 0.15) is 24.5 Å². The summed E-state index contributed by atoms with van der Waals surface area (Å²) in [6.45, 7) is 3.83. The number of imidazole rings is 1. The zero-order chi connectivity index (χ0) is 15.0. The van der Waals surface area contributed by atoms with Crippen LogP contribution in [0.3, 0.4) is 0 Å². The van der Waals surface area contributed by atoms with E-state index in [0.717, 1.165) is 11.5 Å². The average molecular weight is 284 g/mol. The summed E-state index contributed by atoms with van der Waals surface area (Å²) in [5.41, 5.74) is 1.44. The van der Waals surface area contributed by atoms with Crippen molar-refractivity contribution >= 4 is 10.9 Å². The summed E-state index contributed by atoms with van der Waals surface area (Å²) in [5, 5.41) is 0.484. The first-order chi connectivity index (χ1) is 10.1. The number of rotatable bonds is 3. The van der Waals surface area contributed by atoms with Crippen molar-refractivity contribution in [3.63, 3.8) is 0 Å². The number of H-pyrrole nitrogens is 1. The molecule has 21 heavy (non-hydrogen) atoms. The highest BCUT2D eigenvalue weighted by molar-refractivity contribution is 5.83. The van der Waals surface area contributed by atoms with Crippen LogP contribution < -0.4 is 10.3 Å². The Morgan fingerprint density at radius 2 is 2.14 bits per heavy atom. The van der Waals surface area contributed by atoms with Gasteiger partial charge >= 0.3 is 0 Å². The van der Waals surface area contributed by atoms with E-state index in [1.165, 1.54) is 0 Å². The fourth-order valence-corrected chi connectivity index (χ4v) is 2.37. The Morgan fingerprint density at radius 1 is 1.33 bits per heavy atom. The van der Waals surface area contributed by atoms with Gasteiger partial charge in [-0.2, -0.15) is 0 Å². The minimum Gasteiger partial charge on any atom is -0.496 e. The Kier molecular flexibility index (Phi) is 3.21. The minimum atomic E-state index is -0.229. The molecular formula is C15H16N4O2. The quantitative estimate of drug-likeness (QED) is 0.799. The highest BCUT2D eigenvalue weighted by Gasteiger charge is 2.16. The van der Waals surface area contributed by atoms with Crippen LogP contribution in [-0.2, 0) is 0 Å². The van der Waals surface area contributed by atoms with Gasteiger partial charge in [0.2, 0.25) is 0 Å². The molecule has 0 aliphatic carbocycles. The van der Waals surface area contributed by atoms with E-state index in [9.17, 15) is 4.79 Å². The third-order valence-corrected chi connectivity index (χ3v) is 3.53. The number of fused-ring (bicyclic) bond motifs is 1. The summed E-state index contributed by atoms with van der Waals surface area (Å²) in [7, 11) is 1.55. The van der Waals surface area contributed by atoms with Crippen molar-refractivity contribution in [3.05, 3.63) is 52.6 Å². The first-order valence-corrected chi connectivity index (χ1v) is 6.67. The van der Waals surface area contributed by atoms with E-state index in [0.29, 0.717) is 16.7 Å². The van der Waals surface area contributed by atoms with Crippen LogP contribution in [0.25, 0.3) is 10.9 Å². The van der Waals surface area contributed by atoms with E-state index >= 15 is 0 Å². The molecule has 6 nitrogen and oxygen atoms in total. The SMILES string of the molecule is COc1cccc2ncn([C@@H](C)c3ncc(C)[nH]3)c(=O)c12. The lowest BCUT2D eigenvalue weighted by Crippen LogP contribution is -2.25. The summed E-state index contributed by atoms with van der Waals surface area (Å²) < 4.78 is 6.83. The van der Waals surface area contributed by atoms with Gasteiger partial charge in [-0.05, 0) is 26.0 Å². The number of aromatic amines is 1. The number of aryl methyl sites for hydroxylation is 1. The first kappa shape index (κ1) is 13.4. The van der Waals surface area contributed by atoms with E-state index in [-0.39, 0.29) is 11.6 Å². The van der Waals surface area contributed by atoms with Crippen molar-refractivity contribution in [3.8, 4) is 5.75 Å². The van der Waals surface area contributed by atoms with Gasteiger partial charge in [-0.25, -0.2) is 9.97 Å². The lowest BCUT2D eigenvalue weighted by molar-refractivity contribution is 0.418. The number of ether oxygens (including phenoxy) is 1. The third kappa shape index (κ3) is 2.18. The lowest BCUT2D eigenvalue weighted by Gasteiger charge is -2.14. The molecule has 0 radical (unpaired) electrons. The fourth-order valence-electron chi connectivity index (χ4n) is 2.37. The molecule has 0 spiro atoms. The highest BCUT2D eigenvalue weighted by atomic mass is 16.5. The maximum atomic E-state index is 12.7. The second-order valence-electron chi connectivity index (χ2n) is 4.94. The van der Waals surface area contributed by atoms with Crippen molar-refractivity contribution < 1.29 is 4.74 Å². The molecule has 2 heterocycles. The van der Waals surface area contributed by atoms with Gasteiger partial charge < -0.3 is 9.72 Å². The molecule has 0 aliphatic rings. The molecule has 0 unspecified atom stereocenters. The van der Waals surface area contributed by atoms with Crippen molar-refractivity contribution in [2.45, 2.75) is 19.9 Å². The molecule has 0 saturated carbocycles. The molecule has 1 atom stereocenters. The maximum absolute atomic E-state index is 12.7. The van der Waals surface area contributed by atoms with Crippen molar-refractivity contribution in [2.24, 2.45) is 0 Å². The van der Waals surface area contributed by atoms with E-state index in [2.05, 4.69) is 15.0 Å². The number of aromatic nitrogens is 4. The molecule has 0 fully saturated rings. The number of hydrogen-bond donors (Lipinski definition) is 1. The molecule has 3 rings (SSSR count). The molecule has 0 bridgehead atoms. The van der Waals surface area contributed by atoms with Crippen LogP contribution in [0.2, 0.25) is 0 Å². The summed E-state index contributed by atoms with van der Waals surface area (Å²) in [6, 6.07) is 5.15. The van der Waals surface area contributed by atoms with Crippen molar-refractivity contribution in [2.75, 3.05) is 7.11 Å². The van der Waals surface area contributed by atoms with Crippen LogP contribution >= 0.6 is 0 Å². The number of hydrogen-bond acceptors (Lipinski definition) is 4. The van der Waals surface area contributed by atoms with Gasteiger partial charge in [-0.15, -0.1) is 0 Å². The van der Waals surface area contributed by atoms with Gasteiger partial charge in [0.05, 0.1) is 25.0 Å². The number of nitrogens with one attached hydrogen (secondary N) is 1. The molecule has 108 valence electrons. The Hall–Kier alpha value is -2.63. The van der Waals surface area contributed by atoms with Gasteiger partial charge in [-0.3, -0.25) is 9.36 Å². The van der Waals surface area contributed by atoms with E-state index in [1.807, 2.05) is 19.9 Å². The molecule has 6 heteroatoms. The van der Waals surface area contributed by atoms with E-state index in [1.54, 1.807) is 36.3 Å². The van der Waals surface area contributed by atoms with Crippen LogP contribution in [-0.4, -0.2) is 26.6 Å². The average Bonchev–Trinajstić information content (AvgIpc) is 2.93. The smallest absolute Gasteiger partial charge is 0.265 e. The van der Waals surface area contributed by atoms with Crippen molar-refractivity contribution in [1.29, 1.82) is 0 Å². The van der Waals surface area contributed by atoms with E-state index in [4.69, 9.17) is 4.74 Å². The van der Waals surface area contributed by atoms with Crippen LogP contribution in [0, 0.1) is 6.92 Å². The Labute approximate surface area is 121 Å². The predicted octanol–water partition coefficient (Wildman–Crippen LogP) is 2.05. The third-order valence-electron chi connectivity index (χ3n) is 3.53. The lowest BCUT2D eigenvalue weighted by atomic mass is 10.2. The molecule has 0 aliphatic heterocycles. The minimum absolute atomic E-state index is 0.140. The van der Waals surface area contributed by atoms with E-state index < -0.39 is 0 Å². The first-order valence-electron chi connectivity index (χ1n) is 6.67. The van der Waals surface area contributed by atoms with Gasteiger partial charge in [-0.1, -0.05) is 6.07 Å². The largest absolute Gasteiger partial charge is 0.496 e. The molecule has 1 aromatic carbocycles. The highest BCUT2D eigenvalue weighted by Crippen LogP contribution is 2.21. The Balaban J connectivity index is 2.20. The zero-order valence-electron chi connectivity index (χ0n) is 12.1. The molecule has 1 N–H and O–H groups in total. The number of benzene rings is 1. The second kappa shape index (κ2) is 5.05. The Morgan fingerprint density at radius 3 is 2.81 bits per heavy atom. The normalized spacial score (nSPS) is 12.5. The number of nitrogens with zero attached hydrogens (tertiary/aromatic N) is 3.